The van der Waals surface area contributed by atoms with Crippen molar-refractivity contribution in [3.05, 3.63) is 47.9 Å². The number of hydrogen-bond acceptors (Lipinski definition) is 6. The third-order valence-electron chi connectivity index (χ3n) is 3.03. The Kier molecular flexibility index (Phi) is 5.68. The molecule has 0 spiro atoms. The zero-order valence-electron chi connectivity index (χ0n) is 13.2. The lowest BCUT2D eigenvalue weighted by molar-refractivity contribution is -0.138. The Morgan fingerprint density at radius 1 is 1.13 bits per heavy atom. The first-order valence-electron chi connectivity index (χ1n) is 6.85. The van der Waals surface area contributed by atoms with E-state index >= 15 is 0 Å². The molecule has 0 aliphatic rings. The van der Waals surface area contributed by atoms with Crippen molar-refractivity contribution in [3.8, 4) is 17.2 Å². The maximum atomic E-state index is 11.7. The van der Waals surface area contributed by atoms with E-state index in [0.29, 0.717) is 23.0 Å². The van der Waals surface area contributed by atoms with E-state index in [1.165, 1.54) is 39.7 Å². The van der Waals surface area contributed by atoms with Gasteiger partial charge >= 0.3 is 5.97 Å². The van der Waals surface area contributed by atoms with Gasteiger partial charge in [-0.15, -0.1) is 0 Å². The summed E-state index contributed by atoms with van der Waals surface area (Å²) in [6.45, 7) is 0.0814. The molecule has 0 aliphatic heterocycles. The van der Waals surface area contributed by atoms with E-state index in [1.807, 2.05) is 0 Å². The average Bonchev–Trinajstić information content (AvgIpc) is 3.10. The average molecular weight is 318 g/mol. The molecular formula is C17H18O6. The number of rotatable bonds is 7. The molecule has 23 heavy (non-hydrogen) atoms. The fourth-order valence-electron chi connectivity index (χ4n) is 1.96. The van der Waals surface area contributed by atoms with Gasteiger partial charge in [-0.1, -0.05) is 0 Å². The maximum absolute atomic E-state index is 11.7. The molecule has 2 rings (SSSR count). The van der Waals surface area contributed by atoms with Crippen LogP contribution in [0.4, 0.5) is 0 Å². The van der Waals surface area contributed by atoms with Gasteiger partial charge in [-0.25, -0.2) is 4.79 Å². The summed E-state index contributed by atoms with van der Waals surface area (Å²) in [7, 11) is 4.58. The van der Waals surface area contributed by atoms with Crippen molar-refractivity contribution in [2.45, 2.75) is 6.61 Å². The number of carbonyl (C=O) groups is 1. The summed E-state index contributed by atoms with van der Waals surface area (Å²) in [6.07, 6.45) is 4.37. The second-order valence-electron chi connectivity index (χ2n) is 4.49. The molecule has 0 fully saturated rings. The fourth-order valence-corrected chi connectivity index (χ4v) is 1.96. The molecule has 0 amide bonds. The zero-order valence-corrected chi connectivity index (χ0v) is 13.2. The van der Waals surface area contributed by atoms with Crippen LogP contribution < -0.4 is 14.2 Å². The van der Waals surface area contributed by atoms with Gasteiger partial charge in [0.15, 0.2) is 11.5 Å². The van der Waals surface area contributed by atoms with Crippen LogP contribution in [0.5, 0.6) is 17.2 Å². The summed E-state index contributed by atoms with van der Waals surface area (Å²) in [5.74, 6) is 1.60. The largest absolute Gasteiger partial charge is 0.493 e. The first-order valence-corrected chi connectivity index (χ1v) is 6.85. The third kappa shape index (κ3) is 4.29. The Bertz CT molecular complexity index is 647. The van der Waals surface area contributed by atoms with Gasteiger partial charge in [0.1, 0.15) is 12.4 Å². The number of furan rings is 1. The Morgan fingerprint density at radius 2 is 1.83 bits per heavy atom. The number of benzene rings is 1. The third-order valence-corrected chi connectivity index (χ3v) is 3.03. The van der Waals surface area contributed by atoms with Crippen LogP contribution in [0.25, 0.3) is 6.08 Å². The van der Waals surface area contributed by atoms with E-state index in [2.05, 4.69) is 0 Å². The van der Waals surface area contributed by atoms with E-state index in [-0.39, 0.29) is 6.61 Å². The molecule has 0 radical (unpaired) electrons. The summed E-state index contributed by atoms with van der Waals surface area (Å²) in [5, 5.41) is 0. The smallest absolute Gasteiger partial charge is 0.331 e. The Morgan fingerprint density at radius 3 is 2.35 bits per heavy atom. The summed E-state index contributed by atoms with van der Waals surface area (Å²) in [4.78, 5) is 11.7. The normalized spacial score (nSPS) is 10.6. The van der Waals surface area contributed by atoms with Gasteiger partial charge in [-0.2, -0.15) is 0 Å². The number of carbonyl (C=O) groups excluding carboxylic acids is 1. The molecule has 6 heteroatoms. The highest BCUT2D eigenvalue weighted by atomic mass is 16.5. The van der Waals surface area contributed by atoms with Gasteiger partial charge in [-0.3, -0.25) is 0 Å². The topological polar surface area (TPSA) is 67.1 Å². The molecule has 1 aromatic heterocycles. The van der Waals surface area contributed by atoms with Gasteiger partial charge in [0, 0.05) is 6.08 Å². The molecule has 0 N–H and O–H groups in total. The first kappa shape index (κ1) is 16.5. The van der Waals surface area contributed by atoms with Crippen molar-refractivity contribution in [3.63, 3.8) is 0 Å². The van der Waals surface area contributed by atoms with Crippen molar-refractivity contribution in [1.82, 2.24) is 0 Å². The monoisotopic (exact) mass is 318 g/mol. The number of methoxy groups -OCH3 is 3. The minimum Gasteiger partial charge on any atom is -0.493 e. The van der Waals surface area contributed by atoms with Crippen molar-refractivity contribution in [2.75, 3.05) is 21.3 Å². The van der Waals surface area contributed by atoms with E-state index in [9.17, 15) is 4.79 Å². The second-order valence-corrected chi connectivity index (χ2v) is 4.49. The highest BCUT2D eigenvalue weighted by Crippen LogP contribution is 2.38. The summed E-state index contributed by atoms with van der Waals surface area (Å²) >= 11 is 0. The summed E-state index contributed by atoms with van der Waals surface area (Å²) in [5.41, 5.74) is 0.722. The fraction of sp³-hybridized carbons (Fsp3) is 0.235. The molecule has 1 aromatic carbocycles. The van der Waals surface area contributed by atoms with E-state index < -0.39 is 5.97 Å². The van der Waals surface area contributed by atoms with Crippen molar-refractivity contribution < 1.29 is 28.2 Å². The van der Waals surface area contributed by atoms with Gasteiger partial charge in [-0.05, 0) is 35.9 Å². The van der Waals surface area contributed by atoms with Gasteiger partial charge in [0.25, 0.3) is 0 Å². The van der Waals surface area contributed by atoms with Gasteiger partial charge < -0.3 is 23.4 Å². The molecule has 2 aromatic rings. The standard InChI is InChI=1S/C17H18O6/c1-19-14-9-12(10-15(20-2)17(14)21-3)11-23-16(18)7-6-13-5-4-8-22-13/h4-10H,11H2,1-3H3/b7-6+. The van der Waals surface area contributed by atoms with E-state index in [0.717, 1.165) is 5.56 Å². The first-order chi connectivity index (χ1) is 11.2. The van der Waals surface area contributed by atoms with Crippen LogP contribution in [0.1, 0.15) is 11.3 Å². The lowest BCUT2D eigenvalue weighted by atomic mass is 10.2. The van der Waals surface area contributed by atoms with Gasteiger partial charge in [0.05, 0.1) is 27.6 Å². The number of ether oxygens (including phenoxy) is 4. The summed E-state index contributed by atoms with van der Waals surface area (Å²) < 4.78 is 26.0. The molecule has 0 unspecified atom stereocenters. The molecule has 6 nitrogen and oxygen atoms in total. The molecular weight excluding hydrogens is 300 g/mol. The molecule has 0 saturated heterocycles. The molecule has 0 saturated carbocycles. The minimum atomic E-state index is -0.477. The molecule has 122 valence electrons. The minimum absolute atomic E-state index is 0.0814. The van der Waals surface area contributed by atoms with E-state index in [4.69, 9.17) is 23.4 Å². The van der Waals surface area contributed by atoms with Crippen molar-refractivity contribution in [1.29, 1.82) is 0 Å². The SMILES string of the molecule is COc1cc(COC(=O)/C=C/c2ccco2)cc(OC)c1OC. The van der Waals surface area contributed by atoms with Crippen LogP contribution in [-0.2, 0) is 16.1 Å². The number of esters is 1. The number of hydrogen-bond donors (Lipinski definition) is 0. The highest BCUT2D eigenvalue weighted by Gasteiger charge is 2.13. The maximum Gasteiger partial charge on any atom is 0.331 e. The van der Waals surface area contributed by atoms with Crippen LogP contribution in [0.15, 0.2) is 41.0 Å². The zero-order chi connectivity index (χ0) is 16.7. The van der Waals surface area contributed by atoms with Crippen LogP contribution in [-0.4, -0.2) is 27.3 Å². The molecule has 0 bridgehead atoms. The predicted molar refractivity (Wildman–Crippen MR) is 83.6 cm³/mol. The lowest BCUT2D eigenvalue weighted by Crippen LogP contribution is -2.02. The van der Waals surface area contributed by atoms with Gasteiger partial charge in [0.2, 0.25) is 5.75 Å². The Balaban J connectivity index is 2.03. The second kappa shape index (κ2) is 7.93. The lowest BCUT2D eigenvalue weighted by Gasteiger charge is -2.14. The van der Waals surface area contributed by atoms with Crippen LogP contribution in [0.3, 0.4) is 0 Å². The van der Waals surface area contributed by atoms with Crippen LogP contribution in [0, 0.1) is 0 Å². The molecule has 0 aliphatic carbocycles. The molecule has 1 heterocycles. The predicted octanol–water partition coefficient (Wildman–Crippen LogP) is 3.06. The van der Waals surface area contributed by atoms with Crippen LogP contribution in [0.2, 0.25) is 0 Å². The van der Waals surface area contributed by atoms with Crippen molar-refractivity contribution >= 4 is 12.0 Å². The Hall–Kier alpha value is -2.89. The van der Waals surface area contributed by atoms with Crippen molar-refractivity contribution in [2.24, 2.45) is 0 Å². The highest BCUT2D eigenvalue weighted by molar-refractivity contribution is 5.86. The van der Waals surface area contributed by atoms with E-state index in [1.54, 1.807) is 24.3 Å². The quantitative estimate of drug-likeness (QED) is 0.577. The Labute approximate surface area is 134 Å². The molecule has 0 atom stereocenters. The van der Waals surface area contributed by atoms with Crippen LogP contribution >= 0.6 is 0 Å². The summed E-state index contributed by atoms with van der Waals surface area (Å²) in [6, 6.07) is 6.93.